The third kappa shape index (κ3) is 2.79. The summed E-state index contributed by atoms with van der Waals surface area (Å²) < 4.78 is 1.93. The molecule has 0 fully saturated rings. The van der Waals surface area contributed by atoms with Gasteiger partial charge in [0.1, 0.15) is 4.64 Å². The van der Waals surface area contributed by atoms with E-state index in [-0.39, 0.29) is 0 Å². The van der Waals surface area contributed by atoms with Gasteiger partial charge in [0.15, 0.2) is 0 Å². The average Bonchev–Trinajstić information content (AvgIpc) is 2.06. The predicted molar refractivity (Wildman–Crippen MR) is 61.9 cm³/mol. The molecule has 84 valence electrons. The van der Waals surface area contributed by atoms with Crippen LogP contribution in [0.2, 0.25) is 0 Å². The first kappa shape index (κ1) is 12.2. The number of hydrogen-bond acceptors (Lipinski definition) is 3. The van der Waals surface area contributed by atoms with Gasteiger partial charge in [-0.2, -0.15) is 4.73 Å². The highest BCUT2D eigenvalue weighted by Gasteiger charge is 2.38. The number of pyridine rings is 1. The van der Waals surface area contributed by atoms with Crippen LogP contribution in [0, 0.1) is 10.1 Å². The molecule has 0 aliphatic carbocycles. The van der Waals surface area contributed by atoms with Gasteiger partial charge in [0.25, 0.3) is 0 Å². The Morgan fingerprint density at radius 3 is 2.33 bits per heavy atom. The topological polar surface area (TPSA) is 34.4 Å². The molecule has 4 heteroatoms. The number of aliphatic hydroxyl groups is 1. The number of nitrogens with zero attached hydrogens (tertiary/aromatic N) is 1. The molecule has 1 unspecified atom stereocenters. The van der Waals surface area contributed by atoms with Crippen molar-refractivity contribution in [2.45, 2.75) is 33.5 Å². The van der Waals surface area contributed by atoms with Crippen LogP contribution in [0.25, 0.3) is 0 Å². The van der Waals surface area contributed by atoms with Crippen molar-refractivity contribution in [3.63, 3.8) is 0 Å². The zero-order valence-electron chi connectivity index (χ0n) is 9.52. The van der Waals surface area contributed by atoms with Crippen molar-refractivity contribution < 1.29 is 9.94 Å². The van der Waals surface area contributed by atoms with Gasteiger partial charge < -0.3 is 9.94 Å². The van der Waals surface area contributed by atoms with E-state index < -0.39 is 11.2 Å². The maximum absolute atomic E-state index is 10.1. The Balaban J connectivity index is 2.97. The normalized spacial score (nSPS) is 15.8. The largest absolute Gasteiger partial charge is 0.378 e. The summed E-state index contributed by atoms with van der Waals surface area (Å²) in [6.45, 7) is 7.33. The van der Waals surface area contributed by atoms with Gasteiger partial charge in [0.05, 0.1) is 0 Å². The van der Waals surface area contributed by atoms with E-state index in [1.165, 1.54) is 4.73 Å². The van der Waals surface area contributed by atoms with Gasteiger partial charge in [0, 0.05) is 18.5 Å². The van der Waals surface area contributed by atoms with Crippen molar-refractivity contribution in [1.82, 2.24) is 4.73 Å². The minimum atomic E-state index is -1.27. The fourth-order valence-electron chi connectivity index (χ4n) is 0.817. The standard InChI is InChI=1S/C11H17NO2S/c1-10(2,3)11(4,13)14-12-8-6-5-7-9(12)15/h5-8,13H,1-4H3. The minimum absolute atomic E-state index is 0.391. The Kier molecular flexibility index (Phi) is 3.21. The molecule has 1 rings (SSSR count). The van der Waals surface area contributed by atoms with E-state index >= 15 is 0 Å². The molecule has 1 N–H and O–H groups in total. The van der Waals surface area contributed by atoms with E-state index in [0.717, 1.165) is 0 Å². The Hall–Kier alpha value is -0.870. The van der Waals surface area contributed by atoms with E-state index in [1.807, 2.05) is 26.8 Å². The van der Waals surface area contributed by atoms with Crippen LogP contribution >= 0.6 is 12.2 Å². The van der Waals surface area contributed by atoms with Crippen molar-refractivity contribution in [2.75, 3.05) is 0 Å². The fourth-order valence-corrected chi connectivity index (χ4v) is 0.993. The van der Waals surface area contributed by atoms with E-state index in [1.54, 1.807) is 25.3 Å². The lowest BCUT2D eigenvalue weighted by Crippen LogP contribution is -2.48. The SMILES string of the molecule is CC(C)(C)C(C)(O)On1ccccc1=S. The van der Waals surface area contributed by atoms with Crippen LogP contribution in [-0.2, 0) is 0 Å². The second kappa shape index (κ2) is 3.94. The fraction of sp³-hybridized carbons (Fsp3) is 0.545. The lowest BCUT2D eigenvalue weighted by atomic mass is 9.87. The molecule has 1 atom stereocenters. The maximum atomic E-state index is 10.1. The van der Waals surface area contributed by atoms with Crippen LogP contribution in [-0.4, -0.2) is 15.6 Å². The molecule has 0 bridgehead atoms. The monoisotopic (exact) mass is 227 g/mol. The Morgan fingerprint density at radius 1 is 1.27 bits per heavy atom. The molecule has 0 radical (unpaired) electrons. The summed E-state index contributed by atoms with van der Waals surface area (Å²) in [6, 6.07) is 5.37. The molecule has 1 aromatic rings. The van der Waals surface area contributed by atoms with Gasteiger partial charge in [-0.25, -0.2) is 0 Å². The van der Waals surface area contributed by atoms with Crippen LogP contribution in [0.1, 0.15) is 27.7 Å². The summed E-state index contributed by atoms with van der Waals surface area (Å²) in [6.07, 6.45) is 1.68. The molecule has 1 heterocycles. The molecule has 0 saturated heterocycles. The van der Waals surface area contributed by atoms with Gasteiger partial charge in [-0.05, 0) is 12.1 Å². The molecule has 0 aromatic carbocycles. The molecule has 0 spiro atoms. The van der Waals surface area contributed by atoms with Gasteiger partial charge in [0.2, 0.25) is 5.79 Å². The quantitative estimate of drug-likeness (QED) is 0.622. The van der Waals surface area contributed by atoms with E-state index in [0.29, 0.717) is 4.64 Å². The molecular formula is C11H17NO2S. The molecule has 15 heavy (non-hydrogen) atoms. The van der Waals surface area contributed by atoms with E-state index in [4.69, 9.17) is 17.1 Å². The summed E-state index contributed by atoms with van der Waals surface area (Å²) in [5.74, 6) is -1.27. The molecule has 0 aliphatic rings. The number of hydrogen-bond donors (Lipinski definition) is 1. The van der Waals surface area contributed by atoms with Crippen LogP contribution in [0.4, 0.5) is 0 Å². The van der Waals surface area contributed by atoms with Crippen LogP contribution in [0.3, 0.4) is 0 Å². The Bertz CT molecular complexity index is 390. The Morgan fingerprint density at radius 2 is 1.87 bits per heavy atom. The predicted octanol–water partition coefficient (Wildman–Crippen LogP) is 2.40. The first-order chi connectivity index (χ1) is 6.74. The third-order valence-corrected chi connectivity index (χ3v) is 2.77. The highest BCUT2D eigenvalue weighted by Crippen LogP contribution is 2.28. The van der Waals surface area contributed by atoms with Gasteiger partial charge in [-0.15, -0.1) is 0 Å². The van der Waals surface area contributed by atoms with Gasteiger partial charge in [-0.1, -0.05) is 39.1 Å². The molecule has 3 nitrogen and oxygen atoms in total. The summed E-state index contributed by atoms with van der Waals surface area (Å²) >= 11 is 5.07. The third-order valence-electron chi connectivity index (χ3n) is 2.46. The van der Waals surface area contributed by atoms with Crippen LogP contribution < -0.4 is 4.84 Å². The van der Waals surface area contributed by atoms with E-state index in [9.17, 15) is 5.11 Å². The highest BCUT2D eigenvalue weighted by molar-refractivity contribution is 7.71. The molecule has 1 aromatic heterocycles. The van der Waals surface area contributed by atoms with Crippen LogP contribution in [0.5, 0.6) is 0 Å². The average molecular weight is 227 g/mol. The lowest BCUT2D eigenvalue weighted by molar-refractivity contribution is -0.249. The highest BCUT2D eigenvalue weighted by atomic mass is 32.1. The van der Waals surface area contributed by atoms with E-state index in [2.05, 4.69) is 0 Å². The summed E-state index contributed by atoms with van der Waals surface area (Å²) in [4.78, 5) is 5.47. The molecule has 0 saturated carbocycles. The van der Waals surface area contributed by atoms with Gasteiger partial charge in [-0.3, -0.25) is 0 Å². The zero-order chi connectivity index (χ0) is 11.7. The number of aromatic nitrogens is 1. The minimum Gasteiger partial charge on any atom is -0.378 e. The summed E-state index contributed by atoms with van der Waals surface area (Å²) in [7, 11) is 0. The summed E-state index contributed by atoms with van der Waals surface area (Å²) in [5.41, 5.74) is -0.391. The number of rotatable bonds is 2. The van der Waals surface area contributed by atoms with Crippen molar-refractivity contribution in [3.05, 3.63) is 29.0 Å². The smallest absolute Gasteiger partial charge is 0.234 e. The van der Waals surface area contributed by atoms with Gasteiger partial charge >= 0.3 is 0 Å². The second-order valence-electron chi connectivity index (χ2n) is 4.69. The molecular weight excluding hydrogens is 210 g/mol. The zero-order valence-corrected chi connectivity index (χ0v) is 10.3. The first-order valence-corrected chi connectivity index (χ1v) is 5.24. The van der Waals surface area contributed by atoms with Crippen molar-refractivity contribution in [1.29, 1.82) is 0 Å². The van der Waals surface area contributed by atoms with Crippen molar-refractivity contribution in [2.24, 2.45) is 5.41 Å². The second-order valence-corrected chi connectivity index (χ2v) is 5.11. The maximum Gasteiger partial charge on any atom is 0.234 e. The van der Waals surface area contributed by atoms with Crippen molar-refractivity contribution >= 4 is 12.2 Å². The van der Waals surface area contributed by atoms with Crippen LogP contribution in [0.15, 0.2) is 24.4 Å². The molecule has 0 amide bonds. The Labute approximate surface area is 95.3 Å². The first-order valence-electron chi connectivity index (χ1n) is 4.83. The molecule has 0 aliphatic heterocycles. The summed E-state index contributed by atoms with van der Waals surface area (Å²) in [5, 5.41) is 10.1. The van der Waals surface area contributed by atoms with Crippen molar-refractivity contribution in [3.8, 4) is 0 Å². The lowest BCUT2D eigenvalue weighted by Gasteiger charge is -2.36.